The molecule has 8 nitrogen and oxygen atoms in total. The van der Waals surface area contributed by atoms with E-state index in [9.17, 15) is 10.0 Å². The van der Waals surface area contributed by atoms with E-state index in [1.807, 2.05) is 27.7 Å². The van der Waals surface area contributed by atoms with Gasteiger partial charge in [0.2, 0.25) is 5.91 Å². The molecule has 1 unspecified atom stereocenters. The first-order chi connectivity index (χ1) is 11.7. The third-order valence-corrected chi connectivity index (χ3v) is 5.65. The Labute approximate surface area is 151 Å². The highest BCUT2D eigenvalue weighted by atomic mass is 32.2. The number of hydroxylamine groups is 2. The summed E-state index contributed by atoms with van der Waals surface area (Å²) in [5.74, 6) is 0.849. The smallest absolute Gasteiger partial charge is 0.230 e. The molecule has 1 atom stereocenters. The van der Waals surface area contributed by atoms with E-state index in [0.29, 0.717) is 18.7 Å². The monoisotopic (exact) mass is 364 g/mol. The standard InChI is InChI=1S/C16H24N6O2S/c1-15(2)5-10(6-16(3,4)22(15)24)21-11(23)7-25-14-12-13(18-8-17-12)19-9-20-14/h8-10,12,24H,5-7H2,1-4H3,(H,21,23). The fourth-order valence-electron chi connectivity index (χ4n) is 3.69. The summed E-state index contributed by atoms with van der Waals surface area (Å²) >= 11 is 1.36. The van der Waals surface area contributed by atoms with Gasteiger partial charge in [0.15, 0.2) is 11.9 Å². The first-order valence-corrected chi connectivity index (χ1v) is 9.28. The van der Waals surface area contributed by atoms with Crippen LogP contribution in [0, 0.1) is 0 Å². The van der Waals surface area contributed by atoms with Crippen LogP contribution in [0.4, 0.5) is 0 Å². The average Bonchev–Trinajstić information content (AvgIpc) is 2.99. The number of piperidine rings is 1. The molecule has 0 aliphatic carbocycles. The maximum absolute atomic E-state index is 12.4. The van der Waals surface area contributed by atoms with Gasteiger partial charge in [-0.25, -0.2) is 15.0 Å². The van der Waals surface area contributed by atoms with Crippen molar-refractivity contribution >= 4 is 41.2 Å². The molecule has 0 aromatic carbocycles. The second kappa shape index (κ2) is 6.62. The van der Waals surface area contributed by atoms with Gasteiger partial charge in [0.1, 0.15) is 17.7 Å². The highest BCUT2D eigenvalue weighted by molar-refractivity contribution is 8.14. The summed E-state index contributed by atoms with van der Waals surface area (Å²) in [7, 11) is 0. The molecule has 1 saturated heterocycles. The largest absolute Gasteiger partial charge is 0.352 e. The number of nitrogens with zero attached hydrogens (tertiary/aromatic N) is 5. The van der Waals surface area contributed by atoms with Crippen molar-refractivity contribution in [2.75, 3.05) is 5.75 Å². The Bertz CT molecular complexity index is 664. The predicted octanol–water partition coefficient (Wildman–Crippen LogP) is 1.50. The van der Waals surface area contributed by atoms with Gasteiger partial charge >= 0.3 is 0 Å². The Kier molecular flexibility index (Phi) is 4.82. The second-order valence-corrected chi connectivity index (χ2v) is 8.76. The maximum atomic E-state index is 12.4. The summed E-state index contributed by atoms with van der Waals surface area (Å²) in [5, 5.41) is 15.6. The number of amides is 1. The Morgan fingerprint density at radius 3 is 2.64 bits per heavy atom. The third-order valence-electron chi connectivity index (χ3n) is 4.61. The average molecular weight is 364 g/mol. The lowest BCUT2D eigenvalue weighted by atomic mass is 9.79. The minimum atomic E-state index is -0.388. The van der Waals surface area contributed by atoms with Gasteiger partial charge < -0.3 is 10.5 Å². The molecular weight excluding hydrogens is 340 g/mol. The Hall–Kier alpha value is -1.58. The molecule has 1 amide bonds. The minimum absolute atomic E-state index is 0.0259. The second-order valence-electron chi connectivity index (χ2n) is 7.76. The SMILES string of the molecule is CC1(C)CC(NC(=O)CSC2=NC=NC3=NC=NC32)CC(C)(C)N1O. The first kappa shape index (κ1) is 18.2. The molecular formula is C16H24N6O2S. The van der Waals surface area contributed by atoms with Crippen LogP contribution in [0.1, 0.15) is 40.5 Å². The van der Waals surface area contributed by atoms with Crippen LogP contribution in [-0.2, 0) is 4.79 Å². The molecule has 3 heterocycles. The van der Waals surface area contributed by atoms with E-state index >= 15 is 0 Å². The van der Waals surface area contributed by atoms with Crippen molar-refractivity contribution in [3.63, 3.8) is 0 Å². The van der Waals surface area contributed by atoms with E-state index in [1.165, 1.54) is 29.5 Å². The molecule has 136 valence electrons. The van der Waals surface area contributed by atoms with Crippen molar-refractivity contribution in [2.24, 2.45) is 20.0 Å². The highest BCUT2D eigenvalue weighted by Crippen LogP contribution is 2.36. The van der Waals surface area contributed by atoms with Crippen molar-refractivity contribution in [1.82, 2.24) is 10.4 Å². The molecule has 0 aromatic rings. The molecule has 0 radical (unpaired) electrons. The zero-order valence-corrected chi connectivity index (χ0v) is 15.7. The number of amidine groups is 1. The van der Waals surface area contributed by atoms with E-state index in [0.717, 1.165) is 5.04 Å². The quantitative estimate of drug-likeness (QED) is 0.792. The molecule has 9 heteroatoms. The summed E-state index contributed by atoms with van der Waals surface area (Å²) in [6.45, 7) is 7.93. The lowest BCUT2D eigenvalue weighted by Crippen LogP contribution is -2.63. The van der Waals surface area contributed by atoms with Crippen molar-refractivity contribution in [2.45, 2.75) is 63.7 Å². The van der Waals surface area contributed by atoms with Gasteiger partial charge in [-0.15, -0.1) is 0 Å². The lowest BCUT2D eigenvalue weighted by molar-refractivity contribution is -0.246. The molecule has 3 aliphatic heterocycles. The Morgan fingerprint density at radius 1 is 1.28 bits per heavy atom. The number of carbonyl (C=O) groups excluding carboxylic acids is 1. The third kappa shape index (κ3) is 3.83. The topological polar surface area (TPSA) is 102 Å². The van der Waals surface area contributed by atoms with E-state index < -0.39 is 0 Å². The van der Waals surface area contributed by atoms with E-state index in [4.69, 9.17) is 0 Å². The molecule has 0 saturated carbocycles. The van der Waals surface area contributed by atoms with Crippen molar-refractivity contribution in [3.05, 3.63) is 0 Å². The Balaban J connectivity index is 1.55. The minimum Gasteiger partial charge on any atom is -0.352 e. The summed E-state index contributed by atoms with van der Waals surface area (Å²) < 4.78 is 0. The van der Waals surface area contributed by atoms with E-state index in [-0.39, 0.29) is 34.8 Å². The van der Waals surface area contributed by atoms with Crippen LogP contribution < -0.4 is 5.32 Å². The van der Waals surface area contributed by atoms with Crippen molar-refractivity contribution in [3.8, 4) is 0 Å². The van der Waals surface area contributed by atoms with Crippen LogP contribution in [0.2, 0.25) is 0 Å². The maximum Gasteiger partial charge on any atom is 0.230 e. The van der Waals surface area contributed by atoms with Crippen LogP contribution in [0.5, 0.6) is 0 Å². The summed E-state index contributed by atoms with van der Waals surface area (Å²) in [6.07, 6.45) is 4.32. The lowest BCUT2D eigenvalue weighted by Gasteiger charge is -2.51. The molecule has 1 fully saturated rings. The normalized spacial score (nSPS) is 27.6. The number of nitrogens with one attached hydrogen (secondary N) is 1. The fourth-order valence-corrected chi connectivity index (χ4v) is 4.50. The van der Waals surface area contributed by atoms with Gasteiger partial charge in [-0.1, -0.05) is 11.8 Å². The van der Waals surface area contributed by atoms with E-state index in [1.54, 1.807) is 0 Å². The number of rotatable bonds is 3. The number of carbonyl (C=O) groups is 1. The number of aliphatic imine (C=N–C) groups is 4. The first-order valence-electron chi connectivity index (χ1n) is 8.30. The van der Waals surface area contributed by atoms with Crippen LogP contribution in [0.3, 0.4) is 0 Å². The molecule has 0 bridgehead atoms. The van der Waals surface area contributed by atoms with Crippen LogP contribution in [0.15, 0.2) is 20.0 Å². The van der Waals surface area contributed by atoms with Gasteiger partial charge in [-0.3, -0.25) is 9.79 Å². The molecule has 0 aromatic heterocycles. The van der Waals surface area contributed by atoms with Gasteiger partial charge in [0, 0.05) is 17.1 Å². The molecule has 3 rings (SSSR count). The summed E-state index contributed by atoms with van der Waals surface area (Å²) in [4.78, 5) is 29.0. The summed E-state index contributed by atoms with van der Waals surface area (Å²) in [6, 6.07) is -0.240. The van der Waals surface area contributed by atoms with Gasteiger partial charge in [0.25, 0.3) is 0 Å². The van der Waals surface area contributed by atoms with Crippen LogP contribution in [-0.4, -0.2) is 68.6 Å². The van der Waals surface area contributed by atoms with Gasteiger partial charge in [0.05, 0.1) is 5.75 Å². The Morgan fingerprint density at radius 2 is 1.96 bits per heavy atom. The number of thioether (sulfide) groups is 1. The van der Waals surface area contributed by atoms with Gasteiger partial charge in [-0.05, 0) is 40.5 Å². The predicted molar refractivity (Wildman–Crippen MR) is 101 cm³/mol. The van der Waals surface area contributed by atoms with Crippen molar-refractivity contribution < 1.29 is 10.0 Å². The van der Waals surface area contributed by atoms with Crippen molar-refractivity contribution in [1.29, 1.82) is 0 Å². The highest BCUT2D eigenvalue weighted by Gasteiger charge is 2.45. The van der Waals surface area contributed by atoms with Gasteiger partial charge in [-0.2, -0.15) is 5.06 Å². The molecule has 2 N–H and O–H groups in total. The molecule has 0 spiro atoms. The van der Waals surface area contributed by atoms with E-state index in [2.05, 4.69) is 25.3 Å². The number of hydrogen-bond acceptors (Lipinski definition) is 8. The van der Waals surface area contributed by atoms with Crippen LogP contribution in [0.25, 0.3) is 0 Å². The summed E-state index contributed by atoms with van der Waals surface area (Å²) in [5.41, 5.74) is -0.776. The zero-order valence-electron chi connectivity index (χ0n) is 14.9. The number of fused-ring (bicyclic) bond motifs is 1. The zero-order chi connectivity index (χ0) is 18.2. The fraction of sp³-hybridized carbons (Fsp3) is 0.688. The van der Waals surface area contributed by atoms with Crippen LogP contribution >= 0.6 is 11.8 Å². The number of hydrogen-bond donors (Lipinski definition) is 2. The molecule has 3 aliphatic rings. The molecule has 25 heavy (non-hydrogen) atoms.